The summed E-state index contributed by atoms with van der Waals surface area (Å²) in [7, 11) is 0. The van der Waals surface area contributed by atoms with E-state index in [0.29, 0.717) is 0 Å². The molecule has 1 aliphatic carbocycles. The van der Waals surface area contributed by atoms with Gasteiger partial charge in [-0.25, -0.2) is 0 Å². The quantitative estimate of drug-likeness (QED) is 0.126. The highest BCUT2D eigenvalue weighted by atomic mass is 14.4. The van der Waals surface area contributed by atoms with Gasteiger partial charge < -0.3 is 0 Å². The minimum Gasteiger partial charge on any atom is -0.0616 e. The van der Waals surface area contributed by atoms with E-state index in [1.54, 1.807) is 0 Å². The molecule has 0 aliphatic heterocycles. The summed E-state index contributed by atoms with van der Waals surface area (Å²) in [4.78, 5) is 0. The summed E-state index contributed by atoms with van der Waals surface area (Å²) in [5, 5.41) is 15.5. The van der Waals surface area contributed by atoms with Crippen LogP contribution in [0.1, 0.15) is 25.0 Å². The Balaban J connectivity index is 1.15. The fraction of sp³-hybridized carbons (Fsp3) is 0.0526. The predicted octanol–water partition coefficient (Wildman–Crippen LogP) is 15.9. The minimum atomic E-state index is -0.141. The molecule has 0 amide bonds. The van der Waals surface area contributed by atoms with Gasteiger partial charge in [0, 0.05) is 5.41 Å². The molecular weight excluding hydrogens is 685 g/mol. The average Bonchev–Trinajstić information content (AvgIpc) is 3.51. The molecule has 0 saturated heterocycles. The molecule has 0 fully saturated rings. The van der Waals surface area contributed by atoms with Crippen molar-refractivity contribution in [3.63, 3.8) is 0 Å². The van der Waals surface area contributed by atoms with E-state index in [0.717, 1.165) is 0 Å². The molecule has 0 N–H and O–H groups in total. The Morgan fingerprint density at radius 1 is 0.281 bits per heavy atom. The molecule has 0 heterocycles. The molecule has 266 valence electrons. The van der Waals surface area contributed by atoms with Crippen LogP contribution in [0.3, 0.4) is 0 Å². The lowest BCUT2D eigenvalue weighted by Gasteiger charge is -2.24. The Hall–Kier alpha value is -7.02. The Morgan fingerprint density at radius 3 is 1.35 bits per heavy atom. The summed E-state index contributed by atoms with van der Waals surface area (Å²) in [5.41, 5.74) is 13.0. The second-order valence-electron chi connectivity index (χ2n) is 16.3. The Labute approximate surface area is 332 Å². The van der Waals surface area contributed by atoms with Crippen LogP contribution in [-0.4, -0.2) is 0 Å². The topological polar surface area (TPSA) is 0 Å². The third-order valence-corrected chi connectivity index (χ3v) is 13.0. The highest BCUT2D eigenvalue weighted by molar-refractivity contribution is 6.24. The van der Waals surface area contributed by atoms with E-state index in [4.69, 9.17) is 0 Å². The van der Waals surface area contributed by atoms with Gasteiger partial charge in [0.15, 0.2) is 0 Å². The van der Waals surface area contributed by atoms with E-state index in [-0.39, 0.29) is 5.41 Å². The summed E-state index contributed by atoms with van der Waals surface area (Å²) < 4.78 is 0. The van der Waals surface area contributed by atoms with Crippen LogP contribution >= 0.6 is 0 Å². The molecule has 0 atom stereocenters. The lowest BCUT2D eigenvalue weighted by Crippen LogP contribution is -2.15. The monoisotopic (exact) mass is 722 g/mol. The van der Waals surface area contributed by atoms with Crippen LogP contribution < -0.4 is 0 Å². The number of rotatable bonds is 3. The lowest BCUT2D eigenvalue weighted by atomic mass is 9.79. The normalized spacial score (nSPS) is 13.2. The second kappa shape index (κ2) is 12.0. The largest absolute Gasteiger partial charge is 0.0616 e. The highest BCUT2D eigenvalue weighted by Gasteiger charge is 2.38. The van der Waals surface area contributed by atoms with Gasteiger partial charge in [0.05, 0.1) is 0 Å². The Bertz CT molecular complexity index is 3430. The van der Waals surface area contributed by atoms with Crippen LogP contribution in [0.5, 0.6) is 0 Å². The van der Waals surface area contributed by atoms with Gasteiger partial charge in [0.1, 0.15) is 0 Å². The first-order valence-corrected chi connectivity index (χ1v) is 20.1. The van der Waals surface area contributed by atoms with E-state index in [1.165, 1.54) is 120 Å². The molecule has 0 radical (unpaired) electrons. The molecule has 0 aromatic heterocycles. The molecule has 1 aliphatic rings. The summed E-state index contributed by atoms with van der Waals surface area (Å²) >= 11 is 0. The van der Waals surface area contributed by atoms with Gasteiger partial charge in [-0.2, -0.15) is 0 Å². The first-order valence-electron chi connectivity index (χ1n) is 20.1. The number of benzene rings is 11. The van der Waals surface area contributed by atoms with Gasteiger partial charge in [0.25, 0.3) is 0 Å². The van der Waals surface area contributed by atoms with E-state index in [9.17, 15) is 0 Å². The van der Waals surface area contributed by atoms with Crippen LogP contribution in [0.4, 0.5) is 0 Å². The maximum Gasteiger partial charge on any atom is 0.0165 e. The van der Waals surface area contributed by atoms with Gasteiger partial charge in [0.2, 0.25) is 0 Å². The van der Waals surface area contributed by atoms with Crippen molar-refractivity contribution in [3.05, 3.63) is 205 Å². The zero-order valence-corrected chi connectivity index (χ0v) is 32.0. The van der Waals surface area contributed by atoms with E-state index < -0.39 is 0 Å². The average molecular weight is 723 g/mol. The third-order valence-electron chi connectivity index (χ3n) is 13.0. The summed E-state index contributed by atoms with van der Waals surface area (Å²) in [5.74, 6) is 0. The molecule has 57 heavy (non-hydrogen) atoms. The molecule has 0 spiro atoms. The van der Waals surface area contributed by atoms with E-state index >= 15 is 0 Å². The van der Waals surface area contributed by atoms with Crippen LogP contribution in [0, 0.1) is 0 Å². The molecule has 11 aromatic carbocycles. The van der Waals surface area contributed by atoms with Crippen molar-refractivity contribution in [1.82, 2.24) is 0 Å². The third kappa shape index (κ3) is 4.50. The first kappa shape index (κ1) is 32.2. The molecule has 0 saturated carbocycles. The minimum absolute atomic E-state index is 0.141. The van der Waals surface area contributed by atoms with Crippen molar-refractivity contribution in [2.45, 2.75) is 19.3 Å². The van der Waals surface area contributed by atoms with Crippen molar-refractivity contribution < 1.29 is 0 Å². The molecule has 0 nitrogen and oxygen atoms in total. The Morgan fingerprint density at radius 2 is 0.719 bits per heavy atom. The summed E-state index contributed by atoms with van der Waals surface area (Å²) in [6, 6.07) is 72.6. The van der Waals surface area contributed by atoms with Crippen molar-refractivity contribution in [1.29, 1.82) is 0 Å². The Kier molecular flexibility index (Phi) is 6.78. The number of hydrogen-bond donors (Lipinski definition) is 0. The highest BCUT2D eigenvalue weighted by Crippen LogP contribution is 2.56. The van der Waals surface area contributed by atoms with Crippen LogP contribution in [0.25, 0.3) is 109 Å². The van der Waals surface area contributed by atoms with Crippen molar-refractivity contribution in [2.75, 3.05) is 0 Å². The zero-order valence-electron chi connectivity index (χ0n) is 32.0. The molecule has 0 bridgehead atoms. The molecule has 0 unspecified atom stereocenters. The zero-order chi connectivity index (χ0) is 37.8. The smallest absolute Gasteiger partial charge is 0.0165 e. The molecule has 12 rings (SSSR count). The van der Waals surface area contributed by atoms with Gasteiger partial charge >= 0.3 is 0 Å². The second-order valence-corrected chi connectivity index (χ2v) is 16.3. The molecule has 0 heteroatoms. The summed E-state index contributed by atoms with van der Waals surface area (Å²) in [6.45, 7) is 4.82. The fourth-order valence-corrected chi connectivity index (χ4v) is 10.6. The van der Waals surface area contributed by atoms with Gasteiger partial charge in [-0.15, -0.1) is 0 Å². The van der Waals surface area contributed by atoms with Gasteiger partial charge in [-0.3, -0.25) is 0 Å². The maximum absolute atomic E-state index is 2.51. The van der Waals surface area contributed by atoms with Crippen molar-refractivity contribution >= 4 is 64.6 Å². The van der Waals surface area contributed by atoms with Gasteiger partial charge in [-0.1, -0.05) is 196 Å². The molecular formula is C57H38. The number of fused-ring (bicyclic) bond motifs is 13. The maximum atomic E-state index is 2.51. The first-order chi connectivity index (χ1) is 28.1. The number of hydrogen-bond acceptors (Lipinski definition) is 0. The molecule has 11 aromatic rings. The van der Waals surface area contributed by atoms with E-state index in [2.05, 4.69) is 208 Å². The predicted molar refractivity (Wildman–Crippen MR) is 245 cm³/mol. The lowest BCUT2D eigenvalue weighted by molar-refractivity contribution is 0.666. The van der Waals surface area contributed by atoms with Crippen LogP contribution in [0.15, 0.2) is 194 Å². The summed E-state index contributed by atoms with van der Waals surface area (Å²) in [6.07, 6.45) is 0. The van der Waals surface area contributed by atoms with Crippen molar-refractivity contribution in [3.8, 4) is 44.5 Å². The van der Waals surface area contributed by atoms with E-state index in [1.807, 2.05) is 0 Å². The fourth-order valence-electron chi connectivity index (χ4n) is 10.6. The SMILES string of the molecule is CC1(C)c2ccc(-c3c4ccccc4c(-c4ccccc4-c4cc5ccccc5c5ccccc45)c4ccccc34)cc2-c2c1c1ccccc1c1ccccc21. The van der Waals surface area contributed by atoms with Crippen LogP contribution in [-0.2, 0) is 5.41 Å². The van der Waals surface area contributed by atoms with Crippen molar-refractivity contribution in [2.24, 2.45) is 0 Å². The van der Waals surface area contributed by atoms with Gasteiger partial charge in [-0.05, 0) is 132 Å². The van der Waals surface area contributed by atoms with Crippen LogP contribution in [0.2, 0.25) is 0 Å². The standard InChI is InChI=1S/C57H38/c1-57(2)52-32-31-36(34-51(52)55-44-25-11-7-20-39(44)40-21-9-16-30-49(40)56(55)57)53-45-26-12-14-28-47(45)54(48-29-15-13-27-46(48)53)43-24-10-8-23-42(43)50-33-35-17-3-4-18-37(35)38-19-5-6-22-41(38)50/h3-34H,1-2H3.